The van der Waals surface area contributed by atoms with Crippen LogP contribution in [0.3, 0.4) is 0 Å². The van der Waals surface area contributed by atoms with E-state index in [1.165, 1.54) is 12.1 Å². The molecule has 0 unspecified atom stereocenters. The minimum absolute atomic E-state index is 0.161. The average molecular weight is 373 g/mol. The lowest BCUT2D eigenvalue weighted by atomic mass is 9.93. The van der Waals surface area contributed by atoms with Gasteiger partial charge < -0.3 is 4.42 Å². The van der Waals surface area contributed by atoms with E-state index in [-0.39, 0.29) is 23.2 Å². The van der Waals surface area contributed by atoms with E-state index in [9.17, 15) is 12.8 Å². The standard InChI is InChI=1S/C20H20FNO3S/c1-15-4-10-18(11-5-15)26(23,24)22-13-12-19(20-3-2-14-25-20)16-6-8-17(21)9-7-16/h2-11,14,19,22H,12-13H2,1H3/t19-/m1/s1. The van der Waals surface area contributed by atoms with E-state index in [4.69, 9.17) is 4.42 Å². The third-order valence-corrected chi connectivity index (χ3v) is 5.69. The minimum atomic E-state index is -3.57. The molecule has 0 bridgehead atoms. The van der Waals surface area contributed by atoms with Crippen LogP contribution >= 0.6 is 0 Å². The third kappa shape index (κ3) is 4.39. The van der Waals surface area contributed by atoms with Crippen molar-refractivity contribution in [2.24, 2.45) is 0 Å². The Balaban J connectivity index is 1.72. The molecule has 1 aromatic heterocycles. The molecule has 0 amide bonds. The van der Waals surface area contributed by atoms with Crippen LogP contribution in [-0.2, 0) is 10.0 Å². The molecular formula is C20H20FNO3S. The zero-order valence-corrected chi connectivity index (χ0v) is 15.2. The zero-order chi connectivity index (χ0) is 18.6. The fraction of sp³-hybridized carbons (Fsp3) is 0.200. The molecule has 26 heavy (non-hydrogen) atoms. The molecule has 136 valence electrons. The largest absolute Gasteiger partial charge is 0.469 e. The first-order chi connectivity index (χ1) is 12.5. The Kier molecular flexibility index (Phi) is 5.54. The number of rotatable bonds is 7. The second-order valence-corrected chi connectivity index (χ2v) is 7.89. The van der Waals surface area contributed by atoms with Gasteiger partial charge in [-0.2, -0.15) is 0 Å². The number of nitrogens with one attached hydrogen (secondary N) is 1. The molecule has 0 spiro atoms. The van der Waals surface area contributed by atoms with Gasteiger partial charge in [0.25, 0.3) is 0 Å². The van der Waals surface area contributed by atoms with Gasteiger partial charge in [0.15, 0.2) is 0 Å². The molecule has 1 N–H and O–H groups in total. The highest BCUT2D eigenvalue weighted by molar-refractivity contribution is 7.89. The Morgan fingerprint density at radius 1 is 1.04 bits per heavy atom. The van der Waals surface area contributed by atoms with E-state index in [1.807, 2.05) is 13.0 Å². The van der Waals surface area contributed by atoms with Gasteiger partial charge >= 0.3 is 0 Å². The van der Waals surface area contributed by atoms with Crippen molar-refractivity contribution in [3.05, 3.63) is 89.6 Å². The summed E-state index contributed by atoms with van der Waals surface area (Å²) in [4.78, 5) is 0.236. The summed E-state index contributed by atoms with van der Waals surface area (Å²) in [5, 5.41) is 0. The van der Waals surface area contributed by atoms with Crippen molar-refractivity contribution < 1.29 is 17.2 Å². The fourth-order valence-corrected chi connectivity index (χ4v) is 3.84. The molecular weight excluding hydrogens is 353 g/mol. The molecule has 0 aliphatic rings. The second kappa shape index (κ2) is 7.85. The molecule has 0 aliphatic heterocycles. The fourth-order valence-electron chi connectivity index (χ4n) is 2.80. The van der Waals surface area contributed by atoms with Gasteiger partial charge in [0.05, 0.1) is 11.2 Å². The van der Waals surface area contributed by atoms with E-state index in [0.717, 1.165) is 11.1 Å². The van der Waals surface area contributed by atoms with Crippen molar-refractivity contribution in [2.75, 3.05) is 6.54 Å². The van der Waals surface area contributed by atoms with Gasteiger partial charge in [-0.3, -0.25) is 0 Å². The Morgan fingerprint density at radius 2 is 1.73 bits per heavy atom. The molecule has 3 aromatic rings. The van der Waals surface area contributed by atoms with Gasteiger partial charge in [-0.05, 0) is 55.3 Å². The van der Waals surface area contributed by atoms with Gasteiger partial charge in [-0.25, -0.2) is 17.5 Å². The quantitative estimate of drug-likeness (QED) is 0.674. The first kappa shape index (κ1) is 18.4. The average Bonchev–Trinajstić information content (AvgIpc) is 3.14. The summed E-state index contributed by atoms with van der Waals surface area (Å²) in [5.41, 5.74) is 1.87. The summed E-state index contributed by atoms with van der Waals surface area (Å²) >= 11 is 0. The van der Waals surface area contributed by atoms with Gasteiger partial charge in [-0.15, -0.1) is 0 Å². The van der Waals surface area contributed by atoms with E-state index in [0.29, 0.717) is 12.2 Å². The molecule has 4 nitrogen and oxygen atoms in total. The van der Waals surface area contributed by atoms with E-state index in [2.05, 4.69) is 4.72 Å². The van der Waals surface area contributed by atoms with Crippen LogP contribution in [0.15, 0.2) is 76.2 Å². The second-order valence-electron chi connectivity index (χ2n) is 6.12. The van der Waals surface area contributed by atoms with Crippen LogP contribution in [0.25, 0.3) is 0 Å². The molecule has 0 radical (unpaired) electrons. The van der Waals surface area contributed by atoms with Gasteiger partial charge in [-0.1, -0.05) is 29.8 Å². The van der Waals surface area contributed by atoms with Crippen LogP contribution in [-0.4, -0.2) is 15.0 Å². The lowest BCUT2D eigenvalue weighted by Crippen LogP contribution is -2.26. The number of hydrogen-bond donors (Lipinski definition) is 1. The number of benzene rings is 2. The van der Waals surface area contributed by atoms with Crippen LogP contribution in [0.1, 0.15) is 29.2 Å². The lowest BCUT2D eigenvalue weighted by Gasteiger charge is -2.16. The topological polar surface area (TPSA) is 59.3 Å². The van der Waals surface area contributed by atoms with Gasteiger partial charge in [0.2, 0.25) is 10.0 Å². The van der Waals surface area contributed by atoms with Crippen LogP contribution in [0.2, 0.25) is 0 Å². The minimum Gasteiger partial charge on any atom is -0.469 e. The molecule has 0 saturated heterocycles. The molecule has 2 aromatic carbocycles. The molecule has 1 heterocycles. The highest BCUT2D eigenvalue weighted by Gasteiger charge is 2.19. The first-order valence-corrected chi connectivity index (χ1v) is 9.79. The molecule has 0 aliphatic carbocycles. The molecule has 1 atom stereocenters. The summed E-state index contributed by atoms with van der Waals surface area (Å²) in [6.45, 7) is 2.14. The van der Waals surface area contributed by atoms with Crippen molar-refractivity contribution in [1.82, 2.24) is 4.72 Å². The van der Waals surface area contributed by atoms with Crippen molar-refractivity contribution in [2.45, 2.75) is 24.2 Å². The monoisotopic (exact) mass is 373 g/mol. The highest BCUT2D eigenvalue weighted by Crippen LogP contribution is 2.28. The van der Waals surface area contributed by atoms with Crippen LogP contribution < -0.4 is 4.72 Å². The maximum absolute atomic E-state index is 13.2. The maximum atomic E-state index is 13.2. The third-order valence-electron chi connectivity index (χ3n) is 4.22. The normalized spacial score (nSPS) is 12.8. The van der Waals surface area contributed by atoms with Crippen LogP contribution in [0.4, 0.5) is 4.39 Å². The Hall–Kier alpha value is -2.44. The molecule has 3 rings (SSSR count). The van der Waals surface area contributed by atoms with Crippen LogP contribution in [0.5, 0.6) is 0 Å². The van der Waals surface area contributed by atoms with Crippen molar-refractivity contribution in [3.8, 4) is 0 Å². The summed E-state index contributed by atoms with van der Waals surface area (Å²) in [6.07, 6.45) is 2.06. The summed E-state index contributed by atoms with van der Waals surface area (Å²) in [6, 6.07) is 16.5. The van der Waals surface area contributed by atoms with Gasteiger partial charge in [0, 0.05) is 12.5 Å². The maximum Gasteiger partial charge on any atom is 0.240 e. The Bertz CT molecular complexity index is 934. The lowest BCUT2D eigenvalue weighted by molar-refractivity contribution is 0.472. The number of aryl methyl sites for hydroxylation is 1. The van der Waals surface area contributed by atoms with E-state index < -0.39 is 10.0 Å². The number of halogens is 1. The summed E-state index contributed by atoms with van der Waals surface area (Å²) in [7, 11) is -3.57. The number of hydrogen-bond acceptors (Lipinski definition) is 3. The van der Waals surface area contributed by atoms with E-state index in [1.54, 1.807) is 48.7 Å². The smallest absolute Gasteiger partial charge is 0.240 e. The van der Waals surface area contributed by atoms with Crippen molar-refractivity contribution >= 4 is 10.0 Å². The Labute approximate surface area is 152 Å². The van der Waals surface area contributed by atoms with E-state index >= 15 is 0 Å². The molecule has 6 heteroatoms. The number of sulfonamides is 1. The highest BCUT2D eigenvalue weighted by atomic mass is 32.2. The van der Waals surface area contributed by atoms with Crippen molar-refractivity contribution in [3.63, 3.8) is 0 Å². The van der Waals surface area contributed by atoms with Crippen LogP contribution in [0, 0.1) is 12.7 Å². The molecule has 0 saturated carbocycles. The zero-order valence-electron chi connectivity index (χ0n) is 14.4. The number of furan rings is 1. The summed E-state index contributed by atoms with van der Waals surface area (Å²) in [5.74, 6) is 0.240. The van der Waals surface area contributed by atoms with Crippen molar-refractivity contribution in [1.29, 1.82) is 0 Å². The molecule has 0 fully saturated rings. The predicted octanol–water partition coefficient (Wildman–Crippen LogP) is 4.23. The SMILES string of the molecule is Cc1ccc(S(=O)(=O)NCC[C@H](c2ccc(F)cc2)c2ccco2)cc1. The van der Waals surface area contributed by atoms with Gasteiger partial charge in [0.1, 0.15) is 11.6 Å². The summed E-state index contributed by atoms with van der Waals surface area (Å²) < 4.78 is 46.1. The Morgan fingerprint density at radius 3 is 2.35 bits per heavy atom. The first-order valence-electron chi connectivity index (χ1n) is 8.31. The predicted molar refractivity (Wildman–Crippen MR) is 97.9 cm³/mol.